The fourth-order valence-corrected chi connectivity index (χ4v) is 2.85. The number of nitrogens with one attached hydrogen (secondary N) is 1. The van der Waals surface area contributed by atoms with E-state index in [1.807, 2.05) is 0 Å². The number of anilines is 1. The van der Waals surface area contributed by atoms with E-state index in [9.17, 15) is 14.4 Å². The van der Waals surface area contributed by atoms with Gasteiger partial charge in [-0.25, -0.2) is 0 Å². The van der Waals surface area contributed by atoms with Crippen LogP contribution in [0.2, 0.25) is 5.02 Å². The number of nitrogens with two attached hydrogens (primary N) is 1. The van der Waals surface area contributed by atoms with Gasteiger partial charge in [-0.15, -0.1) is 0 Å². The molecule has 1 aliphatic rings. The van der Waals surface area contributed by atoms with E-state index >= 15 is 0 Å². The Morgan fingerprint density at radius 1 is 1.14 bits per heavy atom. The lowest BCUT2D eigenvalue weighted by Gasteiger charge is -2.25. The summed E-state index contributed by atoms with van der Waals surface area (Å²) in [4.78, 5) is 34.3. The van der Waals surface area contributed by atoms with Crippen LogP contribution in [0.1, 0.15) is 36.0 Å². The fraction of sp³-hybridized carbons (Fsp3) is 0.400. The molecule has 0 spiro atoms. The van der Waals surface area contributed by atoms with Crippen LogP contribution in [0.15, 0.2) is 18.2 Å². The standard InChI is InChI=1S/C15H17ClN2O4/c16-12-6-5-10(7-11(12)13(17)19)18-14(20)8-1-3-9(4-2-8)15(21)22/h5-9H,1-4H2,(H2,17,19)(H,18,20)(H,21,22). The Labute approximate surface area is 132 Å². The second kappa shape index (κ2) is 6.79. The average Bonchev–Trinajstić information content (AvgIpc) is 2.49. The van der Waals surface area contributed by atoms with E-state index < -0.39 is 11.9 Å². The molecule has 0 saturated heterocycles. The summed E-state index contributed by atoms with van der Waals surface area (Å²) in [6.45, 7) is 0. The van der Waals surface area contributed by atoms with Crippen molar-refractivity contribution in [3.8, 4) is 0 Å². The summed E-state index contributed by atoms with van der Waals surface area (Å²) in [7, 11) is 0. The van der Waals surface area contributed by atoms with Gasteiger partial charge in [0.25, 0.3) is 0 Å². The second-order valence-corrected chi connectivity index (χ2v) is 5.84. The highest BCUT2D eigenvalue weighted by atomic mass is 35.5. The minimum atomic E-state index is -0.803. The second-order valence-electron chi connectivity index (χ2n) is 5.43. The molecule has 1 aliphatic carbocycles. The average molecular weight is 325 g/mol. The zero-order chi connectivity index (χ0) is 16.3. The Balaban J connectivity index is 2.00. The summed E-state index contributed by atoms with van der Waals surface area (Å²) in [5.74, 6) is -2.23. The molecule has 0 unspecified atom stereocenters. The summed E-state index contributed by atoms with van der Waals surface area (Å²) in [5, 5.41) is 11.9. The molecule has 22 heavy (non-hydrogen) atoms. The van der Waals surface area contributed by atoms with Gasteiger partial charge in [0, 0.05) is 11.6 Å². The first-order chi connectivity index (χ1) is 10.4. The molecule has 0 bridgehead atoms. The summed E-state index contributed by atoms with van der Waals surface area (Å²) in [6.07, 6.45) is 2.08. The van der Waals surface area contributed by atoms with Gasteiger partial charge in [-0.3, -0.25) is 14.4 Å². The van der Waals surface area contributed by atoms with Crippen LogP contribution in [0.25, 0.3) is 0 Å². The van der Waals surface area contributed by atoms with E-state index in [0.29, 0.717) is 31.4 Å². The molecule has 6 nitrogen and oxygen atoms in total. The topological polar surface area (TPSA) is 109 Å². The van der Waals surface area contributed by atoms with Crippen LogP contribution in [0, 0.1) is 11.8 Å². The maximum Gasteiger partial charge on any atom is 0.306 e. The van der Waals surface area contributed by atoms with Crippen molar-refractivity contribution in [1.82, 2.24) is 0 Å². The number of benzene rings is 1. The molecule has 2 amide bonds. The molecular weight excluding hydrogens is 308 g/mol. The molecule has 1 aromatic carbocycles. The van der Waals surface area contributed by atoms with Crippen LogP contribution in [-0.4, -0.2) is 22.9 Å². The third-order valence-electron chi connectivity index (χ3n) is 3.95. The zero-order valence-corrected chi connectivity index (χ0v) is 12.6. The lowest BCUT2D eigenvalue weighted by molar-refractivity contribution is -0.143. The minimum absolute atomic E-state index is 0.147. The van der Waals surface area contributed by atoms with Crippen LogP contribution < -0.4 is 11.1 Å². The minimum Gasteiger partial charge on any atom is -0.481 e. The van der Waals surface area contributed by atoms with Gasteiger partial charge in [0.05, 0.1) is 16.5 Å². The summed E-state index contributed by atoms with van der Waals surface area (Å²) in [6, 6.07) is 4.53. The molecule has 0 atom stereocenters. The Kier molecular flexibility index (Phi) is 5.03. The number of hydrogen-bond donors (Lipinski definition) is 3. The number of carboxylic acids is 1. The Morgan fingerprint density at radius 3 is 2.27 bits per heavy atom. The van der Waals surface area contributed by atoms with Gasteiger partial charge in [0.15, 0.2) is 0 Å². The Morgan fingerprint density at radius 2 is 1.73 bits per heavy atom. The highest BCUT2D eigenvalue weighted by molar-refractivity contribution is 6.34. The van der Waals surface area contributed by atoms with E-state index in [0.717, 1.165) is 0 Å². The Bertz CT molecular complexity index is 610. The van der Waals surface area contributed by atoms with Crippen molar-refractivity contribution in [1.29, 1.82) is 0 Å². The number of amides is 2. The lowest BCUT2D eigenvalue weighted by Crippen LogP contribution is -2.29. The number of rotatable bonds is 4. The highest BCUT2D eigenvalue weighted by Gasteiger charge is 2.29. The molecule has 7 heteroatoms. The number of aliphatic carboxylic acids is 1. The maximum atomic E-state index is 12.2. The molecule has 4 N–H and O–H groups in total. The molecule has 0 aromatic heterocycles. The van der Waals surface area contributed by atoms with Crippen LogP contribution in [0.5, 0.6) is 0 Å². The zero-order valence-electron chi connectivity index (χ0n) is 11.8. The lowest BCUT2D eigenvalue weighted by atomic mass is 9.81. The van der Waals surface area contributed by atoms with Crippen molar-refractivity contribution in [3.63, 3.8) is 0 Å². The third kappa shape index (κ3) is 3.76. The quantitative estimate of drug-likeness (QED) is 0.789. The normalized spacial score (nSPS) is 21.1. The van der Waals surface area contributed by atoms with Crippen molar-refractivity contribution in [3.05, 3.63) is 28.8 Å². The molecule has 0 radical (unpaired) electrons. The maximum absolute atomic E-state index is 12.2. The van der Waals surface area contributed by atoms with Gasteiger partial charge in [0.2, 0.25) is 11.8 Å². The monoisotopic (exact) mass is 324 g/mol. The summed E-state index contributed by atoms with van der Waals surface area (Å²) < 4.78 is 0. The van der Waals surface area contributed by atoms with Crippen LogP contribution >= 0.6 is 11.6 Å². The smallest absolute Gasteiger partial charge is 0.306 e. The van der Waals surface area contributed by atoms with Gasteiger partial charge in [-0.2, -0.15) is 0 Å². The van der Waals surface area contributed by atoms with Crippen LogP contribution in [-0.2, 0) is 9.59 Å². The molecule has 0 heterocycles. The summed E-state index contributed by atoms with van der Waals surface area (Å²) in [5.41, 5.74) is 5.80. The van der Waals surface area contributed by atoms with Gasteiger partial charge in [0.1, 0.15) is 0 Å². The number of halogens is 1. The fourth-order valence-electron chi connectivity index (χ4n) is 2.64. The number of carbonyl (C=O) groups excluding carboxylic acids is 2. The van der Waals surface area contributed by atoms with Gasteiger partial charge in [-0.1, -0.05) is 11.6 Å². The molecule has 2 rings (SSSR count). The SMILES string of the molecule is NC(=O)c1cc(NC(=O)C2CCC(C(=O)O)CC2)ccc1Cl. The van der Waals surface area contributed by atoms with E-state index in [-0.39, 0.29) is 28.3 Å². The van der Waals surface area contributed by atoms with E-state index in [4.69, 9.17) is 22.4 Å². The number of hydrogen-bond acceptors (Lipinski definition) is 3. The third-order valence-corrected chi connectivity index (χ3v) is 4.28. The summed E-state index contributed by atoms with van der Waals surface area (Å²) >= 11 is 5.85. The Hall–Kier alpha value is -2.08. The number of primary amides is 1. The highest BCUT2D eigenvalue weighted by Crippen LogP contribution is 2.30. The first-order valence-electron chi connectivity index (χ1n) is 7.01. The van der Waals surface area contributed by atoms with E-state index in [1.54, 1.807) is 6.07 Å². The van der Waals surface area contributed by atoms with Crippen molar-refractivity contribution in [2.24, 2.45) is 17.6 Å². The predicted molar refractivity (Wildman–Crippen MR) is 81.7 cm³/mol. The van der Waals surface area contributed by atoms with Gasteiger partial charge in [-0.05, 0) is 43.9 Å². The van der Waals surface area contributed by atoms with Crippen molar-refractivity contribution in [2.45, 2.75) is 25.7 Å². The molecule has 1 fully saturated rings. The van der Waals surface area contributed by atoms with Crippen molar-refractivity contribution in [2.75, 3.05) is 5.32 Å². The molecule has 1 aromatic rings. The van der Waals surface area contributed by atoms with Gasteiger partial charge >= 0.3 is 5.97 Å². The largest absolute Gasteiger partial charge is 0.481 e. The van der Waals surface area contributed by atoms with Crippen molar-refractivity contribution < 1.29 is 19.5 Å². The van der Waals surface area contributed by atoms with Gasteiger partial charge < -0.3 is 16.2 Å². The first kappa shape index (κ1) is 16.3. The number of carbonyl (C=O) groups is 3. The van der Waals surface area contributed by atoms with E-state index in [2.05, 4.69) is 5.32 Å². The molecule has 1 saturated carbocycles. The number of carboxylic acid groups (broad SMARTS) is 1. The van der Waals surface area contributed by atoms with E-state index in [1.165, 1.54) is 12.1 Å². The first-order valence-corrected chi connectivity index (χ1v) is 7.39. The molecule has 0 aliphatic heterocycles. The molecular formula is C15H17ClN2O4. The predicted octanol–water partition coefficient (Wildman–Crippen LogP) is 2.27. The van der Waals surface area contributed by atoms with Crippen LogP contribution in [0.4, 0.5) is 5.69 Å². The molecule has 118 valence electrons. The van der Waals surface area contributed by atoms with Crippen molar-refractivity contribution >= 4 is 35.1 Å². The van der Waals surface area contributed by atoms with Crippen LogP contribution in [0.3, 0.4) is 0 Å².